The maximum Gasteiger partial charge on any atom is 0.410 e. The Morgan fingerprint density at radius 3 is 2.56 bits per heavy atom. The van der Waals surface area contributed by atoms with E-state index in [0.717, 1.165) is 40.7 Å². The number of likely N-dealkylation sites (tertiary alicyclic amines) is 1. The van der Waals surface area contributed by atoms with Crippen LogP contribution in [-0.4, -0.2) is 74.6 Å². The second kappa shape index (κ2) is 12.5. The Labute approximate surface area is 282 Å². The summed E-state index contributed by atoms with van der Waals surface area (Å²) in [5.41, 5.74) is 1.56. The molecular weight excluding hydrogens is 665 g/mol. The fraction of sp³-hybridized carbons (Fsp3) is 0.514. The summed E-state index contributed by atoms with van der Waals surface area (Å²) in [5, 5.41) is 7.72. The van der Waals surface area contributed by atoms with E-state index in [9.17, 15) is 22.5 Å². The molecule has 1 aliphatic carbocycles. The molecule has 0 unspecified atom stereocenters. The number of hydrogen-bond acceptors (Lipinski definition) is 7. The lowest BCUT2D eigenvalue weighted by Gasteiger charge is -2.36. The third kappa shape index (κ3) is 7.28. The van der Waals surface area contributed by atoms with Crippen molar-refractivity contribution < 1.29 is 36.4 Å². The van der Waals surface area contributed by atoms with Gasteiger partial charge in [0.05, 0.1) is 53.1 Å². The van der Waals surface area contributed by atoms with Gasteiger partial charge < -0.3 is 29.6 Å². The van der Waals surface area contributed by atoms with Gasteiger partial charge in [-0.3, -0.25) is 0 Å². The minimum atomic E-state index is -4.46. The van der Waals surface area contributed by atoms with Gasteiger partial charge in [0.15, 0.2) is 0 Å². The number of fused-ring (bicyclic) bond motifs is 3. The molecule has 6 rings (SSSR count). The van der Waals surface area contributed by atoms with E-state index in [1.807, 2.05) is 12.1 Å². The van der Waals surface area contributed by atoms with Crippen molar-refractivity contribution in [1.29, 1.82) is 0 Å². The second-order valence-electron chi connectivity index (χ2n) is 14.3. The van der Waals surface area contributed by atoms with Gasteiger partial charge in [-0.05, 0) is 82.5 Å². The summed E-state index contributed by atoms with van der Waals surface area (Å²) in [6, 6.07) is 8.09. The summed E-state index contributed by atoms with van der Waals surface area (Å²) in [6.45, 7) is 9.58. The van der Waals surface area contributed by atoms with Gasteiger partial charge in [-0.2, -0.15) is 13.2 Å². The van der Waals surface area contributed by atoms with Crippen LogP contribution in [0.4, 0.5) is 33.7 Å². The summed E-state index contributed by atoms with van der Waals surface area (Å²) in [4.78, 5) is 14.1. The molecule has 2 atom stereocenters. The summed E-state index contributed by atoms with van der Waals surface area (Å²) >= 11 is 1.15. The molecule has 3 aliphatic rings. The normalized spacial score (nSPS) is 20.1. The van der Waals surface area contributed by atoms with Gasteiger partial charge in [-0.1, -0.05) is 24.0 Å². The number of hydrogen-bond donors (Lipinski definition) is 2. The van der Waals surface area contributed by atoms with Crippen LogP contribution in [0.2, 0.25) is 0 Å². The highest BCUT2D eigenvalue weighted by molar-refractivity contribution is 7.70. The van der Waals surface area contributed by atoms with Gasteiger partial charge in [0, 0.05) is 22.8 Å². The van der Waals surface area contributed by atoms with E-state index in [0.29, 0.717) is 39.4 Å². The maximum absolute atomic E-state index is 15.3. The van der Waals surface area contributed by atoms with E-state index in [1.54, 1.807) is 52.3 Å². The number of nitrogens with zero attached hydrogens (tertiary/aromatic N) is 1. The number of amides is 1. The molecule has 258 valence electrons. The van der Waals surface area contributed by atoms with Crippen LogP contribution in [0, 0.1) is 11.8 Å². The Hall–Kier alpha value is -3.42. The Balaban J connectivity index is 1.22. The van der Waals surface area contributed by atoms with Crippen LogP contribution in [0.25, 0.3) is 10.1 Å². The Morgan fingerprint density at radius 2 is 1.92 bits per heavy atom. The van der Waals surface area contributed by atoms with Crippen LogP contribution in [-0.2, 0) is 21.1 Å². The molecule has 2 fully saturated rings. The molecule has 2 aromatic carbocycles. The quantitative estimate of drug-likeness (QED) is 0.154. The van der Waals surface area contributed by atoms with Crippen LogP contribution in [0.5, 0.6) is 5.75 Å². The van der Waals surface area contributed by atoms with Crippen molar-refractivity contribution in [2.75, 3.05) is 50.2 Å². The Kier molecular flexibility index (Phi) is 8.95. The Bertz CT molecular complexity index is 1850. The first-order chi connectivity index (χ1) is 22.4. The third-order valence-corrected chi connectivity index (χ3v) is 11.6. The highest BCUT2D eigenvalue weighted by Crippen LogP contribution is 2.59. The number of alkyl halides is 4. The third-order valence-electron chi connectivity index (χ3n) is 8.89. The molecule has 3 aromatic rings. The van der Waals surface area contributed by atoms with Crippen molar-refractivity contribution in [1.82, 2.24) is 4.90 Å². The number of carbonyl (C=O) groups excluding carboxylic acids is 1. The van der Waals surface area contributed by atoms with Crippen molar-refractivity contribution in [3.05, 3.63) is 46.3 Å². The average molecular weight is 706 g/mol. The molecule has 48 heavy (non-hydrogen) atoms. The molecule has 1 saturated heterocycles. The number of nitrogens with one attached hydrogen (secondary N) is 2. The molecule has 0 bridgehead atoms. The number of thiophene rings is 1. The van der Waals surface area contributed by atoms with Crippen LogP contribution in [0.15, 0.2) is 30.3 Å². The van der Waals surface area contributed by atoms with Crippen molar-refractivity contribution in [2.45, 2.75) is 75.9 Å². The van der Waals surface area contributed by atoms with E-state index >= 15 is 4.39 Å². The lowest BCUT2D eigenvalue weighted by atomic mass is 9.98. The zero-order chi connectivity index (χ0) is 34.6. The van der Waals surface area contributed by atoms with Crippen molar-refractivity contribution >= 4 is 51.3 Å². The highest BCUT2D eigenvalue weighted by Gasteiger charge is 2.53. The van der Waals surface area contributed by atoms with Crippen molar-refractivity contribution in [3.63, 3.8) is 0 Å². The zero-order valence-corrected chi connectivity index (χ0v) is 29.4. The molecule has 7 nitrogen and oxygen atoms in total. The second-order valence-corrected chi connectivity index (χ2v) is 18.5. The number of benzene rings is 2. The van der Waals surface area contributed by atoms with Crippen molar-refractivity contribution in [3.8, 4) is 17.6 Å². The largest absolute Gasteiger partial charge is 0.490 e. The monoisotopic (exact) mass is 705 g/mol. The molecule has 2 N–H and O–H groups in total. The van der Waals surface area contributed by atoms with Gasteiger partial charge in [0.2, 0.25) is 0 Å². The van der Waals surface area contributed by atoms with Gasteiger partial charge in [-0.25, -0.2) is 9.18 Å². The van der Waals surface area contributed by atoms with Gasteiger partial charge in [0.1, 0.15) is 24.7 Å². The van der Waals surface area contributed by atoms with Crippen molar-refractivity contribution in [2.24, 2.45) is 0 Å². The molecule has 1 amide bonds. The number of ether oxygens (including phenoxy) is 2. The molecule has 3 heterocycles. The zero-order valence-electron chi connectivity index (χ0n) is 27.6. The van der Waals surface area contributed by atoms with Crippen LogP contribution in [0.3, 0.4) is 0 Å². The maximum atomic E-state index is 15.3. The first-order valence-corrected chi connectivity index (χ1v) is 19.4. The van der Waals surface area contributed by atoms with E-state index < -0.39 is 43.6 Å². The molecule has 1 spiro atoms. The topological polar surface area (TPSA) is 79.9 Å². The van der Waals surface area contributed by atoms with Crippen LogP contribution in [0.1, 0.15) is 56.0 Å². The molecular formula is C35H40F4N3O4PS. The lowest BCUT2D eigenvalue weighted by molar-refractivity contribution is -0.126. The predicted octanol–water partition coefficient (Wildman–Crippen LogP) is 7.90. The number of anilines is 2. The van der Waals surface area contributed by atoms with E-state index in [4.69, 9.17) is 9.47 Å². The fourth-order valence-corrected chi connectivity index (χ4v) is 8.92. The summed E-state index contributed by atoms with van der Waals surface area (Å²) < 4.78 is 81.7. The smallest absolute Gasteiger partial charge is 0.410 e. The first kappa shape index (κ1) is 34.4. The first-order valence-electron chi connectivity index (χ1n) is 16.0. The van der Waals surface area contributed by atoms with Crippen LogP contribution >= 0.6 is 18.5 Å². The molecule has 2 aliphatic heterocycles. The minimum absolute atomic E-state index is 0.0810. The summed E-state index contributed by atoms with van der Waals surface area (Å²) in [6.07, 6.45) is -5.31. The molecule has 1 saturated carbocycles. The molecule has 0 radical (unpaired) electrons. The number of rotatable bonds is 6. The standard InChI is InChI=1S/C35H40F4N3O4PS/c1-33(2,3)46-32(43)42-17-13-24(23(36)19-42)41-26-9-6-8-21-22(18-35(37,38)39)28(48-31(21)26)10-7-16-40-25-11-12-27(47(4,5)44)29-30(25)45-20-34(29)14-15-34/h6,8-9,11-12,23-24,40-41H,13-20H2,1-5H3/t23-,24+/m0/s1. The van der Waals surface area contributed by atoms with Gasteiger partial charge >= 0.3 is 12.3 Å². The van der Waals surface area contributed by atoms with E-state index in [1.165, 1.54) is 4.90 Å². The highest BCUT2D eigenvalue weighted by atomic mass is 32.1. The minimum Gasteiger partial charge on any atom is -0.490 e. The number of piperidine rings is 1. The molecule has 1 aromatic heterocycles. The SMILES string of the molecule is CC(C)(C)OC(=O)N1CC[C@@H](Nc2cccc3c(CC(F)(F)F)c(C#CCNc4ccc(P(C)(C)=O)c5c4OCC54CC4)sc23)[C@@H](F)C1. The van der Waals surface area contributed by atoms with Gasteiger partial charge in [-0.15, -0.1) is 11.3 Å². The summed E-state index contributed by atoms with van der Waals surface area (Å²) in [5.74, 6) is 6.64. The van der Waals surface area contributed by atoms with Gasteiger partial charge in [0.25, 0.3) is 0 Å². The van der Waals surface area contributed by atoms with Crippen LogP contribution < -0.4 is 20.7 Å². The number of halogens is 4. The molecule has 13 heteroatoms. The van der Waals surface area contributed by atoms with E-state index in [2.05, 4.69) is 22.5 Å². The lowest BCUT2D eigenvalue weighted by Crippen LogP contribution is -2.51. The average Bonchev–Trinajstić information content (AvgIpc) is 3.55. The van der Waals surface area contributed by atoms with E-state index in [-0.39, 0.29) is 30.6 Å². The Morgan fingerprint density at radius 1 is 1.17 bits per heavy atom. The predicted molar refractivity (Wildman–Crippen MR) is 184 cm³/mol. The fourth-order valence-electron chi connectivity index (χ4n) is 6.43. The summed E-state index contributed by atoms with van der Waals surface area (Å²) in [7, 11) is -2.53. The number of carbonyl (C=O) groups is 1.